The van der Waals surface area contributed by atoms with Crippen LogP contribution in [0.2, 0.25) is 5.02 Å². The maximum atomic E-state index is 11.3. The van der Waals surface area contributed by atoms with Gasteiger partial charge in [-0.2, -0.15) is 0 Å². The van der Waals surface area contributed by atoms with Crippen molar-refractivity contribution in [1.82, 2.24) is 14.5 Å². The van der Waals surface area contributed by atoms with Gasteiger partial charge in [0.05, 0.1) is 0 Å². The number of halogens is 1. The molecule has 6 heteroatoms. The van der Waals surface area contributed by atoms with Crippen molar-refractivity contribution < 1.29 is 4.79 Å². The summed E-state index contributed by atoms with van der Waals surface area (Å²) in [6.45, 7) is 6.41. The fourth-order valence-corrected chi connectivity index (χ4v) is 4.29. The Morgan fingerprint density at radius 2 is 2.14 bits per heavy atom. The van der Waals surface area contributed by atoms with Gasteiger partial charge in [-0.05, 0) is 55.3 Å². The number of rotatable bonds is 4. The van der Waals surface area contributed by atoms with E-state index in [1.807, 2.05) is 19.2 Å². The molecule has 1 aromatic carbocycles. The zero-order valence-electron chi connectivity index (χ0n) is 16.6. The lowest BCUT2D eigenvalue weighted by Crippen LogP contribution is -2.27. The van der Waals surface area contributed by atoms with E-state index < -0.39 is 0 Å². The van der Waals surface area contributed by atoms with Gasteiger partial charge >= 0.3 is 0 Å². The first-order valence-electron chi connectivity index (χ1n) is 9.63. The van der Waals surface area contributed by atoms with Crippen LogP contribution in [0.5, 0.6) is 0 Å². The highest BCUT2D eigenvalue weighted by molar-refractivity contribution is 6.31. The second kappa shape index (κ2) is 7.57. The van der Waals surface area contributed by atoms with Gasteiger partial charge in [0.15, 0.2) is 0 Å². The number of nitrogens with one attached hydrogen (secondary N) is 1. The fourth-order valence-electron chi connectivity index (χ4n) is 4.12. The van der Waals surface area contributed by atoms with Gasteiger partial charge in [0.2, 0.25) is 5.91 Å². The molecule has 0 spiro atoms. The number of fused-ring (bicyclic) bond motifs is 3. The van der Waals surface area contributed by atoms with E-state index in [1.54, 1.807) is 0 Å². The lowest BCUT2D eigenvalue weighted by atomic mass is 10.1. The molecule has 0 saturated heterocycles. The standard InChI is InChI=1S/C22H25ClN4O/c1-14-10-16(12-24-22(14)25-15(2)28)6-9-27-20-5-4-17(23)11-18(20)19-13-26(3)8-7-21(19)27/h4-5,10-12H,6-9,13H2,1-3H3,(H,24,25,28). The minimum atomic E-state index is -0.0996. The van der Waals surface area contributed by atoms with E-state index in [0.717, 1.165) is 43.1 Å². The maximum absolute atomic E-state index is 11.3. The molecule has 0 atom stereocenters. The number of aromatic nitrogens is 2. The van der Waals surface area contributed by atoms with Crippen LogP contribution in [-0.2, 0) is 30.7 Å². The largest absolute Gasteiger partial charge is 0.344 e. The average Bonchev–Trinajstić information content (AvgIpc) is 2.94. The van der Waals surface area contributed by atoms with E-state index in [2.05, 4.69) is 45.0 Å². The minimum absolute atomic E-state index is 0.0996. The van der Waals surface area contributed by atoms with Crippen LogP contribution in [0.25, 0.3) is 10.9 Å². The molecule has 0 unspecified atom stereocenters. The second-order valence-corrected chi connectivity index (χ2v) is 8.10. The average molecular weight is 397 g/mol. The summed E-state index contributed by atoms with van der Waals surface area (Å²) >= 11 is 6.29. The Morgan fingerprint density at radius 3 is 2.89 bits per heavy atom. The van der Waals surface area contributed by atoms with Crippen LogP contribution >= 0.6 is 11.6 Å². The van der Waals surface area contributed by atoms with Crippen molar-refractivity contribution in [2.45, 2.75) is 39.8 Å². The molecule has 1 aliphatic heterocycles. The molecule has 28 heavy (non-hydrogen) atoms. The van der Waals surface area contributed by atoms with Gasteiger partial charge in [0, 0.05) is 60.8 Å². The topological polar surface area (TPSA) is 50.2 Å². The van der Waals surface area contributed by atoms with Gasteiger partial charge in [-0.15, -0.1) is 0 Å². The first kappa shape index (κ1) is 19.0. The van der Waals surface area contributed by atoms with E-state index in [9.17, 15) is 4.79 Å². The number of benzene rings is 1. The molecule has 3 heterocycles. The molecule has 0 radical (unpaired) electrons. The van der Waals surface area contributed by atoms with Crippen molar-refractivity contribution in [3.8, 4) is 0 Å². The normalized spacial score (nSPS) is 14.3. The number of hydrogen-bond acceptors (Lipinski definition) is 3. The third kappa shape index (κ3) is 3.64. The molecule has 0 fully saturated rings. The van der Waals surface area contributed by atoms with E-state index in [-0.39, 0.29) is 5.91 Å². The van der Waals surface area contributed by atoms with E-state index in [4.69, 9.17) is 11.6 Å². The number of nitrogens with zero attached hydrogens (tertiary/aromatic N) is 3. The highest BCUT2D eigenvalue weighted by Crippen LogP contribution is 2.32. The number of hydrogen-bond donors (Lipinski definition) is 1. The summed E-state index contributed by atoms with van der Waals surface area (Å²) in [5.74, 6) is 0.537. The molecule has 0 aliphatic carbocycles. The summed E-state index contributed by atoms with van der Waals surface area (Å²) in [6, 6.07) is 8.32. The van der Waals surface area contributed by atoms with Crippen molar-refractivity contribution in [3.63, 3.8) is 0 Å². The summed E-state index contributed by atoms with van der Waals surface area (Å²) in [5.41, 5.74) is 6.24. The molecule has 1 N–H and O–H groups in total. The van der Waals surface area contributed by atoms with Crippen LogP contribution in [0.15, 0.2) is 30.5 Å². The Balaban J connectivity index is 1.64. The highest BCUT2D eigenvalue weighted by atomic mass is 35.5. The van der Waals surface area contributed by atoms with E-state index in [1.165, 1.54) is 34.6 Å². The summed E-state index contributed by atoms with van der Waals surface area (Å²) in [4.78, 5) is 18.1. The van der Waals surface area contributed by atoms with Crippen molar-refractivity contribution in [3.05, 3.63) is 57.9 Å². The zero-order valence-corrected chi connectivity index (χ0v) is 17.3. The number of pyridine rings is 1. The fraction of sp³-hybridized carbons (Fsp3) is 0.364. The number of amides is 1. The predicted molar refractivity (Wildman–Crippen MR) is 114 cm³/mol. The molecule has 0 bridgehead atoms. The van der Waals surface area contributed by atoms with Gasteiger partial charge in [-0.25, -0.2) is 4.98 Å². The second-order valence-electron chi connectivity index (χ2n) is 7.67. The smallest absolute Gasteiger partial charge is 0.222 e. The zero-order chi connectivity index (χ0) is 19.8. The molecule has 2 aromatic heterocycles. The SMILES string of the molecule is CC(=O)Nc1ncc(CCn2c3c(c4cc(Cl)ccc42)CN(C)CC3)cc1C. The summed E-state index contributed by atoms with van der Waals surface area (Å²) in [5, 5.41) is 4.83. The van der Waals surface area contributed by atoms with Crippen molar-refractivity contribution in [2.75, 3.05) is 18.9 Å². The van der Waals surface area contributed by atoms with Gasteiger partial charge in [0.25, 0.3) is 0 Å². The first-order chi connectivity index (χ1) is 13.4. The lowest BCUT2D eigenvalue weighted by Gasteiger charge is -2.24. The minimum Gasteiger partial charge on any atom is -0.344 e. The molecule has 3 aromatic rings. The van der Waals surface area contributed by atoms with Crippen LogP contribution < -0.4 is 5.32 Å². The molecule has 146 valence electrons. The maximum Gasteiger partial charge on any atom is 0.222 e. The number of likely N-dealkylation sites (N-methyl/N-ethyl adjacent to an activating group) is 1. The Bertz CT molecular complexity index is 1060. The monoisotopic (exact) mass is 396 g/mol. The number of aryl methyl sites for hydroxylation is 3. The van der Waals surface area contributed by atoms with Gasteiger partial charge in [-0.3, -0.25) is 4.79 Å². The van der Waals surface area contributed by atoms with E-state index in [0.29, 0.717) is 5.82 Å². The van der Waals surface area contributed by atoms with Crippen LogP contribution in [0.3, 0.4) is 0 Å². The Hall–Kier alpha value is -2.37. The quantitative estimate of drug-likeness (QED) is 0.719. The molecule has 5 nitrogen and oxygen atoms in total. The van der Waals surface area contributed by atoms with Crippen molar-refractivity contribution in [1.29, 1.82) is 0 Å². The molecule has 4 rings (SSSR count). The third-order valence-corrected chi connectivity index (χ3v) is 5.70. The van der Waals surface area contributed by atoms with Crippen LogP contribution in [-0.4, -0.2) is 34.0 Å². The number of carbonyl (C=O) groups excluding carboxylic acids is 1. The Morgan fingerprint density at radius 1 is 1.32 bits per heavy atom. The van der Waals surface area contributed by atoms with Crippen molar-refractivity contribution in [2.24, 2.45) is 0 Å². The number of carbonyl (C=O) groups is 1. The van der Waals surface area contributed by atoms with Crippen LogP contribution in [0.1, 0.15) is 29.3 Å². The molecular formula is C22H25ClN4O. The van der Waals surface area contributed by atoms with Crippen LogP contribution in [0, 0.1) is 6.92 Å². The van der Waals surface area contributed by atoms with Gasteiger partial charge in [0.1, 0.15) is 5.82 Å². The predicted octanol–water partition coefficient (Wildman–Crippen LogP) is 4.19. The van der Waals surface area contributed by atoms with E-state index >= 15 is 0 Å². The molecule has 1 aliphatic rings. The molecule has 1 amide bonds. The summed E-state index contributed by atoms with van der Waals surface area (Å²) in [6.07, 6.45) is 3.81. The number of anilines is 1. The van der Waals surface area contributed by atoms with Crippen LogP contribution in [0.4, 0.5) is 5.82 Å². The molecular weight excluding hydrogens is 372 g/mol. The van der Waals surface area contributed by atoms with Crippen molar-refractivity contribution >= 4 is 34.2 Å². The lowest BCUT2D eigenvalue weighted by molar-refractivity contribution is -0.114. The Kier molecular flexibility index (Phi) is 5.13. The highest BCUT2D eigenvalue weighted by Gasteiger charge is 2.22. The summed E-state index contributed by atoms with van der Waals surface area (Å²) < 4.78 is 2.45. The summed E-state index contributed by atoms with van der Waals surface area (Å²) in [7, 11) is 2.17. The van der Waals surface area contributed by atoms with Gasteiger partial charge < -0.3 is 14.8 Å². The molecule has 0 saturated carbocycles. The third-order valence-electron chi connectivity index (χ3n) is 5.46. The Labute approximate surface area is 170 Å². The first-order valence-corrected chi connectivity index (χ1v) is 10.0. The van der Waals surface area contributed by atoms with Gasteiger partial charge in [-0.1, -0.05) is 17.7 Å².